The van der Waals surface area contributed by atoms with Gasteiger partial charge >= 0.3 is 22.4 Å². The van der Waals surface area contributed by atoms with Crippen LogP contribution in [0.5, 0.6) is 0 Å². The third-order valence-electron chi connectivity index (χ3n) is 2.95. The molecule has 0 saturated carbocycles. The fourth-order valence-corrected chi connectivity index (χ4v) is 3.08. The molecule has 8 heteroatoms. The molecule has 2 rings (SSSR count). The van der Waals surface area contributed by atoms with Crippen LogP contribution >= 0.6 is 0 Å². The number of rotatable bonds is 2. The van der Waals surface area contributed by atoms with Crippen molar-refractivity contribution in [3.8, 4) is 0 Å². The fraction of sp³-hybridized carbons (Fsp3) is 0.500. The number of anilines is 1. The third kappa shape index (κ3) is 4.56. The number of hydrogen-bond donors (Lipinski definition) is 3. The molecule has 1 aromatic rings. The van der Waals surface area contributed by atoms with Crippen molar-refractivity contribution in [2.45, 2.75) is 43.5 Å². The second kappa shape index (κ2) is 7.04. The molecule has 116 valence electrons. The van der Waals surface area contributed by atoms with Gasteiger partial charge in [0.2, 0.25) is 0 Å². The molecule has 1 aliphatic heterocycles. The maximum Gasteiger partial charge on any atom is 1.00 e. The summed E-state index contributed by atoms with van der Waals surface area (Å²) < 4.78 is 26.2. The predicted molar refractivity (Wildman–Crippen MR) is 76.1 cm³/mol. The number of nitrogen functional groups attached to an aromatic ring is 1. The summed E-state index contributed by atoms with van der Waals surface area (Å²) in [7, 11) is -3.46. The van der Waals surface area contributed by atoms with Crippen LogP contribution in [-0.2, 0) is 32.4 Å². The number of benzene rings is 1. The van der Waals surface area contributed by atoms with E-state index in [-0.39, 0.29) is 39.4 Å². The largest absolute Gasteiger partial charge is 1.00 e. The molecule has 0 spiro atoms. The zero-order chi connectivity index (χ0) is 14.0. The van der Waals surface area contributed by atoms with Crippen LogP contribution in [0.25, 0.3) is 5.32 Å². The van der Waals surface area contributed by atoms with Gasteiger partial charge in [0.1, 0.15) is 0 Å². The standard InChI is InChI=1S/C12H19N4O2S.Ag/c1-8-7-9(2)15-12(14-8)16-19(17,18)11-5-3-10(13)4-6-11;/h3-6,8-9,12,14H,7,13H2,1-2H3,(H,16,17,18);/q-1;+1. The van der Waals surface area contributed by atoms with Gasteiger partial charge in [0.25, 0.3) is 0 Å². The zero-order valence-corrected chi connectivity index (χ0v) is 13.6. The Balaban J connectivity index is 0.00000200. The average Bonchev–Trinajstić information content (AvgIpc) is 2.27. The van der Waals surface area contributed by atoms with E-state index in [0.29, 0.717) is 5.69 Å². The first-order valence-electron chi connectivity index (χ1n) is 6.17. The minimum absolute atomic E-state index is 0. The van der Waals surface area contributed by atoms with Gasteiger partial charge in [-0.2, -0.15) is 0 Å². The molecule has 0 aromatic heterocycles. The van der Waals surface area contributed by atoms with Gasteiger partial charge in [0.15, 0.2) is 10.0 Å². The molecule has 4 N–H and O–H groups in total. The van der Waals surface area contributed by atoms with Gasteiger partial charge in [0, 0.05) is 18.0 Å². The molecule has 4 unspecified atom stereocenters. The summed E-state index contributed by atoms with van der Waals surface area (Å²) in [6.07, 6.45) is 0.259. The van der Waals surface area contributed by atoms with Gasteiger partial charge < -0.3 is 16.4 Å². The smallest absolute Gasteiger partial charge is 0.624 e. The Morgan fingerprint density at radius 2 is 2.00 bits per heavy atom. The quantitative estimate of drug-likeness (QED) is 0.530. The first-order valence-corrected chi connectivity index (χ1v) is 7.64. The van der Waals surface area contributed by atoms with Crippen molar-refractivity contribution >= 4 is 15.7 Å². The molecule has 1 aliphatic rings. The van der Waals surface area contributed by atoms with Crippen LogP contribution in [0.15, 0.2) is 33.5 Å². The monoisotopic (exact) mass is 390 g/mol. The fourth-order valence-electron chi connectivity index (χ4n) is 2.08. The second-order valence-corrected chi connectivity index (χ2v) is 6.52. The minimum Gasteiger partial charge on any atom is -0.624 e. The van der Waals surface area contributed by atoms with Gasteiger partial charge in [0.05, 0.1) is 4.90 Å². The number of nitrogens with zero attached hydrogens (tertiary/aromatic N) is 2. The Kier molecular flexibility index (Phi) is 6.21. The van der Waals surface area contributed by atoms with Crippen LogP contribution in [0.3, 0.4) is 0 Å². The second-order valence-electron chi connectivity index (χ2n) is 4.85. The molecule has 1 saturated heterocycles. The van der Waals surface area contributed by atoms with E-state index < -0.39 is 16.3 Å². The van der Waals surface area contributed by atoms with Crippen molar-refractivity contribution in [3.63, 3.8) is 0 Å². The van der Waals surface area contributed by atoms with Crippen molar-refractivity contribution in [2.75, 3.05) is 5.73 Å². The van der Waals surface area contributed by atoms with Crippen LogP contribution in [0.1, 0.15) is 20.3 Å². The van der Waals surface area contributed by atoms with E-state index in [4.69, 9.17) is 5.73 Å². The van der Waals surface area contributed by atoms with E-state index in [9.17, 15) is 8.76 Å². The van der Waals surface area contributed by atoms with Crippen molar-refractivity contribution in [2.24, 2.45) is 4.36 Å². The van der Waals surface area contributed by atoms with E-state index in [1.165, 1.54) is 12.1 Å². The molecule has 1 fully saturated rings. The summed E-state index contributed by atoms with van der Waals surface area (Å²) in [4.78, 5) is 0.240. The summed E-state index contributed by atoms with van der Waals surface area (Å²) >= 11 is 0. The molecule has 0 radical (unpaired) electrons. The van der Waals surface area contributed by atoms with E-state index in [1.807, 2.05) is 13.8 Å². The maximum atomic E-state index is 12.2. The van der Waals surface area contributed by atoms with Crippen LogP contribution in [-0.4, -0.2) is 27.1 Å². The number of nitrogens with one attached hydrogen (secondary N) is 1. The minimum atomic E-state index is -3.46. The van der Waals surface area contributed by atoms with E-state index in [1.54, 1.807) is 12.1 Å². The topological polar surface area (TPSA) is 102 Å². The molecule has 0 bridgehead atoms. The molecule has 1 aromatic carbocycles. The molecule has 6 nitrogen and oxygen atoms in total. The Morgan fingerprint density at radius 1 is 1.40 bits per heavy atom. The molecule has 20 heavy (non-hydrogen) atoms. The molecular formula is C12H19AgN4O2S. The summed E-state index contributed by atoms with van der Waals surface area (Å²) in [5.74, 6) is 0. The van der Waals surface area contributed by atoms with Crippen LogP contribution in [0.4, 0.5) is 5.69 Å². The maximum absolute atomic E-state index is 12.2. The predicted octanol–water partition coefficient (Wildman–Crippen LogP) is 1.99. The van der Waals surface area contributed by atoms with Gasteiger partial charge in [-0.25, -0.2) is 8.57 Å². The van der Waals surface area contributed by atoms with Crippen molar-refractivity contribution in [3.05, 3.63) is 29.6 Å². The Bertz CT molecular complexity index is 547. The average molecular weight is 391 g/mol. The first kappa shape index (κ1) is 17.6. The first-order chi connectivity index (χ1) is 8.87. The summed E-state index contributed by atoms with van der Waals surface area (Å²) in [6, 6.07) is 6.54. The van der Waals surface area contributed by atoms with E-state index >= 15 is 0 Å². The van der Waals surface area contributed by atoms with Crippen LogP contribution in [0, 0.1) is 0 Å². The molecular weight excluding hydrogens is 372 g/mol. The molecule has 0 amide bonds. The Morgan fingerprint density at radius 3 is 2.55 bits per heavy atom. The summed E-state index contributed by atoms with van der Waals surface area (Å²) in [6.45, 7) is 3.98. The van der Waals surface area contributed by atoms with Gasteiger partial charge in [-0.15, -0.1) is 6.04 Å². The SMILES string of the molecule is CC1CC(C)NC(N=S(=O)(O)c2ccc(N)cc2)[N-]1.[Ag+]. The number of nitrogens with two attached hydrogens (primary N) is 1. The molecule has 0 aliphatic carbocycles. The van der Waals surface area contributed by atoms with E-state index in [2.05, 4.69) is 15.0 Å². The summed E-state index contributed by atoms with van der Waals surface area (Å²) in [5.41, 5.74) is 6.10. The van der Waals surface area contributed by atoms with Crippen molar-refractivity contribution in [1.82, 2.24) is 5.32 Å². The van der Waals surface area contributed by atoms with Crippen molar-refractivity contribution < 1.29 is 31.1 Å². The normalized spacial score (nSPS) is 29.1. The van der Waals surface area contributed by atoms with Gasteiger partial charge in [-0.05, 0) is 31.2 Å². The van der Waals surface area contributed by atoms with Gasteiger partial charge in [-0.3, -0.25) is 4.55 Å². The van der Waals surface area contributed by atoms with Gasteiger partial charge in [-0.1, -0.05) is 13.3 Å². The summed E-state index contributed by atoms with van der Waals surface area (Å²) in [5, 5.41) is 7.41. The Hall–Kier alpha value is -0.410. The van der Waals surface area contributed by atoms with Crippen LogP contribution < -0.4 is 11.1 Å². The zero-order valence-electron chi connectivity index (χ0n) is 11.3. The Labute approximate surface area is 135 Å². The molecule has 4 atom stereocenters. The van der Waals surface area contributed by atoms with Crippen LogP contribution in [0.2, 0.25) is 0 Å². The van der Waals surface area contributed by atoms with E-state index in [0.717, 1.165) is 6.42 Å². The van der Waals surface area contributed by atoms with Crippen molar-refractivity contribution in [1.29, 1.82) is 0 Å². The third-order valence-corrected chi connectivity index (χ3v) is 4.33. The molecule has 1 heterocycles. The number of hydrogen-bond acceptors (Lipinski definition) is 4.